The minimum Gasteiger partial charge on any atom is -0.312 e. The van der Waals surface area contributed by atoms with Gasteiger partial charge in [0.1, 0.15) is 0 Å². The van der Waals surface area contributed by atoms with Gasteiger partial charge in [0, 0.05) is 15.1 Å². The number of halogens is 2. The quantitative estimate of drug-likeness (QED) is 0.902. The molecule has 1 aromatic rings. The molecule has 84 valence electrons. The predicted octanol–water partition coefficient (Wildman–Crippen LogP) is 3.91. The molecule has 0 spiro atoms. The number of nitrogens with zero attached hydrogens (tertiary/aromatic N) is 1. The van der Waals surface area contributed by atoms with Gasteiger partial charge in [-0.1, -0.05) is 13.8 Å². The molecule has 1 atom stereocenters. The number of hydrogen-bond donors (Lipinski definition) is 1. The van der Waals surface area contributed by atoms with Gasteiger partial charge in [-0.3, -0.25) is 4.98 Å². The van der Waals surface area contributed by atoms with Crippen molar-refractivity contribution >= 4 is 31.9 Å². The SMILES string of the molecule is CNC(CC(C)C)c1ncc(Br)cc1Br. The first-order valence-electron chi connectivity index (χ1n) is 5.02. The number of rotatable bonds is 4. The van der Waals surface area contributed by atoms with Crippen LogP contribution >= 0.6 is 31.9 Å². The number of nitrogens with one attached hydrogen (secondary N) is 1. The molecule has 0 radical (unpaired) electrons. The van der Waals surface area contributed by atoms with Crippen LogP contribution in [-0.2, 0) is 0 Å². The fraction of sp³-hybridized carbons (Fsp3) is 0.545. The lowest BCUT2D eigenvalue weighted by Gasteiger charge is -2.19. The highest BCUT2D eigenvalue weighted by molar-refractivity contribution is 9.11. The van der Waals surface area contributed by atoms with Gasteiger partial charge in [-0.25, -0.2) is 0 Å². The molecule has 1 heterocycles. The first-order chi connectivity index (χ1) is 7.04. The van der Waals surface area contributed by atoms with E-state index in [-0.39, 0.29) is 0 Å². The standard InChI is InChI=1S/C11H16Br2N2/c1-7(2)4-10(14-3)11-9(13)5-8(12)6-15-11/h5-7,10,14H,4H2,1-3H3. The summed E-state index contributed by atoms with van der Waals surface area (Å²) in [6.45, 7) is 4.44. The van der Waals surface area contributed by atoms with Gasteiger partial charge in [0.05, 0.1) is 11.7 Å². The summed E-state index contributed by atoms with van der Waals surface area (Å²) < 4.78 is 2.05. The summed E-state index contributed by atoms with van der Waals surface area (Å²) in [6, 6.07) is 2.35. The first-order valence-corrected chi connectivity index (χ1v) is 6.61. The van der Waals surface area contributed by atoms with Crippen LogP contribution in [-0.4, -0.2) is 12.0 Å². The van der Waals surface area contributed by atoms with Crippen LogP contribution in [0.1, 0.15) is 32.0 Å². The number of pyridine rings is 1. The molecule has 1 N–H and O–H groups in total. The third-order valence-corrected chi connectivity index (χ3v) is 3.29. The molecular weight excluding hydrogens is 320 g/mol. The lowest BCUT2D eigenvalue weighted by Crippen LogP contribution is -2.20. The first kappa shape index (κ1) is 13.1. The average molecular weight is 336 g/mol. The summed E-state index contributed by atoms with van der Waals surface area (Å²) >= 11 is 6.95. The highest BCUT2D eigenvalue weighted by atomic mass is 79.9. The van der Waals surface area contributed by atoms with Crippen LogP contribution in [0.5, 0.6) is 0 Å². The van der Waals surface area contributed by atoms with Crippen LogP contribution < -0.4 is 5.32 Å². The lowest BCUT2D eigenvalue weighted by molar-refractivity contribution is 0.447. The Hall–Kier alpha value is 0.0700. The zero-order chi connectivity index (χ0) is 11.4. The lowest BCUT2D eigenvalue weighted by atomic mass is 10.0. The van der Waals surface area contributed by atoms with Crippen LogP contribution in [0, 0.1) is 5.92 Å². The van der Waals surface area contributed by atoms with Gasteiger partial charge < -0.3 is 5.32 Å². The molecule has 0 saturated carbocycles. The summed E-state index contributed by atoms with van der Waals surface area (Å²) in [5.41, 5.74) is 1.08. The molecule has 0 aliphatic heterocycles. The summed E-state index contributed by atoms with van der Waals surface area (Å²) in [6.07, 6.45) is 2.93. The van der Waals surface area contributed by atoms with E-state index in [4.69, 9.17) is 0 Å². The van der Waals surface area contributed by atoms with Crippen LogP contribution in [0.15, 0.2) is 21.2 Å². The van der Waals surface area contributed by atoms with Crippen molar-refractivity contribution in [3.63, 3.8) is 0 Å². The smallest absolute Gasteiger partial charge is 0.0715 e. The van der Waals surface area contributed by atoms with Crippen LogP contribution in [0.3, 0.4) is 0 Å². The monoisotopic (exact) mass is 334 g/mol. The Kier molecular flexibility index (Phi) is 5.23. The summed E-state index contributed by atoms with van der Waals surface area (Å²) in [4.78, 5) is 4.45. The summed E-state index contributed by atoms with van der Waals surface area (Å²) in [5, 5.41) is 3.30. The van der Waals surface area contributed by atoms with Gasteiger partial charge in [-0.05, 0) is 57.3 Å². The van der Waals surface area contributed by atoms with Crippen molar-refractivity contribution < 1.29 is 0 Å². The Morgan fingerprint density at radius 2 is 2.07 bits per heavy atom. The van der Waals surface area contributed by atoms with Crippen molar-refractivity contribution in [1.82, 2.24) is 10.3 Å². The molecule has 0 aromatic carbocycles. The minimum absolute atomic E-state index is 0.312. The largest absolute Gasteiger partial charge is 0.312 e. The summed E-state index contributed by atoms with van der Waals surface area (Å²) in [5.74, 6) is 0.653. The molecule has 0 aliphatic rings. The second-order valence-corrected chi connectivity index (χ2v) is 5.76. The molecule has 2 nitrogen and oxygen atoms in total. The van der Waals surface area contributed by atoms with E-state index >= 15 is 0 Å². The molecule has 1 aromatic heterocycles. The minimum atomic E-state index is 0.312. The Balaban J connectivity index is 2.91. The summed E-state index contributed by atoms with van der Waals surface area (Å²) in [7, 11) is 1.98. The van der Waals surface area contributed by atoms with Gasteiger partial charge in [-0.15, -0.1) is 0 Å². The third-order valence-electron chi connectivity index (χ3n) is 2.22. The highest BCUT2D eigenvalue weighted by Crippen LogP contribution is 2.27. The van der Waals surface area contributed by atoms with E-state index in [0.29, 0.717) is 12.0 Å². The highest BCUT2D eigenvalue weighted by Gasteiger charge is 2.15. The van der Waals surface area contributed by atoms with Gasteiger partial charge in [0.25, 0.3) is 0 Å². The van der Waals surface area contributed by atoms with Gasteiger partial charge in [-0.2, -0.15) is 0 Å². The Morgan fingerprint density at radius 1 is 1.40 bits per heavy atom. The fourth-order valence-electron chi connectivity index (χ4n) is 1.52. The molecule has 0 amide bonds. The molecular formula is C11H16Br2N2. The van der Waals surface area contributed by atoms with Crippen molar-refractivity contribution in [1.29, 1.82) is 0 Å². The Bertz CT molecular complexity index is 326. The maximum Gasteiger partial charge on any atom is 0.0715 e. The van der Waals surface area contributed by atoms with E-state index < -0.39 is 0 Å². The van der Waals surface area contributed by atoms with Crippen molar-refractivity contribution in [2.45, 2.75) is 26.3 Å². The molecule has 0 saturated heterocycles. The van der Waals surface area contributed by atoms with Gasteiger partial charge in [0.2, 0.25) is 0 Å². The van der Waals surface area contributed by atoms with Crippen molar-refractivity contribution in [2.24, 2.45) is 5.92 Å². The second kappa shape index (κ2) is 5.97. The zero-order valence-corrected chi connectivity index (χ0v) is 12.4. The van der Waals surface area contributed by atoms with Crippen LogP contribution in [0.2, 0.25) is 0 Å². The van der Waals surface area contributed by atoms with Crippen LogP contribution in [0.25, 0.3) is 0 Å². The predicted molar refractivity (Wildman–Crippen MR) is 70.9 cm³/mol. The van der Waals surface area contributed by atoms with Gasteiger partial charge >= 0.3 is 0 Å². The zero-order valence-electron chi connectivity index (χ0n) is 9.22. The van der Waals surface area contributed by atoms with Crippen molar-refractivity contribution in [3.05, 3.63) is 26.9 Å². The number of hydrogen-bond acceptors (Lipinski definition) is 2. The van der Waals surface area contributed by atoms with Gasteiger partial charge in [0.15, 0.2) is 0 Å². The molecule has 4 heteroatoms. The maximum atomic E-state index is 4.45. The molecule has 0 fully saturated rings. The molecule has 1 unspecified atom stereocenters. The molecule has 15 heavy (non-hydrogen) atoms. The maximum absolute atomic E-state index is 4.45. The van der Waals surface area contributed by atoms with E-state index in [1.54, 1.807) is 0 Å². The topological polar surface area (TPSA) is 24.9 Å². The molecule has 0 bridgehead atoms. The van der Waals surface area contributed by atoms with Crippen molar-refractivity contribution in [2.75, 3.05) is 7.05 Å². The normalized spacial score (nSPS) is 13.2. The molecule has 1 rings (SSSR count). The fourth-order valence-corrected chi connectivity index (χ4v) is 2.78. The average Bonchev–Trinajstić information content (AvgIpc) is 2.14. The van der Waals surface area contributed by atoms with Crippen LogP contribution in [0.4, 0.5) is 0 Å². The van der Waals surface area contributed by atoms with E-state index in [9.17, 15) is 0 Å². The van der Waals surface area contributed by atoms with E-state index in [0.717, 1.165) is 21.1 Å². The Morgan fingerprint density at radius 3 is 2.53 bits per heavy atom. The van der Waals surface area contributed by atoms with Crippen molar-refractivity contribution in [3.8, 4) is 0 Å². The number of aromatic nitrogens is 1. The Labute approximate surface area is 108 Å². The second-order valence-electron chi connectivity index (χ2n) is 3.99. The van der Waals surface area contributed by atoms with E-state index in [1.165, 1.54) is 0 Å². The van der Waals surface area contributed by atoms with E-state index in [2.05, 4.69) is 56.0 Å². The molecule has 0 aliphatic carbocycles. The third kappa shape index (κ3) is 3.85. The van der Waals surface area contributed by atoms with E-state index in [1.807, 2.05) is 19.3 Å².